The van der Waals surface area contributed by atoms with Gasteiger partial charge in [0.2, 0.25) is 0 Å². The van der Waals surface area contributed by atoms with Gasteiger partial charge in [0.25, 0.3) is 5.91 Å². The molecule has 2 unspecified atom stereocenters. The van der Waals surface area contributed by atoms with Crippen molar-refractivity contribution in [1.29, 1.82) is 0 Å². The van der Waals surface area contributed by atoms with E-state index in [1.807, 2.05) is 18.2 Å². The molecule has 1 amide bonds. The fourth-order valence-corrected chi connectivity index (χ4v) is 2.72. The molecule has 2 aromatic rings. The van der Waals surface area contributed by atoms with Crippen LogP contribution in [0.4, 0.5) is 0 Å². The third-order valence-corrected chi connectivity index (χ3v) is 4.13. The molecule has 0 saturated carbocycles. The van der Waals surface area contributed by atoms with E-state index in [1.165, 1.54) is 0 Å². The molecule has 1 aliphatic heterocycles. The van der Waals surface area contributed by atoms with Gasteiger partial charge >= 0.3 is 0 Å². The van der Waals surface area contributed by atoms with E-state index in [2.05, 4.69) is 20.8 Å². The Kier molecular flexibility index (Phi) is 4.42. The van der Waals surface area contributed by atoms with Crippen LogP contribution in [0.15, 0.2) is 30.3 Å². The zero-order valence-corrected chi connectivity index (χ0v) is 12.6. The van der Waals surface area contributed by atoms with Crippen molar-refractivity contribution in [3.05, 3.63) is 41.0 Å². The Labute approximate surface area is 132 Å². The number of benzene rings is 1. The lowest BCUT2D eigenvalue weighted by Crippen LogP contribution is -2.34. The Bertz CT molecular complexity index is 673. The summed E-state index contributed by atoms with van der Waals surface area (Å²) in [5, 5.41) is 23.0. The number of hydrogen-bond donors (Lipinski definition) is 4. The molecule has 3 rings (SSSR count). The number of aliphatic hydroxyl groups is 1. The van der Waals surface area contributed by atoms with Gasteiger partial charge in [-0.25, -0.2) is 0 Å². The minimum Gasteiger partial charge on any atom is -0.391 e. The number of halogens is 1. The number of aliphatic hydroxyl groups excluding tert-OH is 1. The molecule has 1 aliphatic rings. The minimum absolute atomic E-state index is 0.0370. The second kappa shape index (κ2) is 6.48. The number of hydrogen-bond acceptors (Lipinski definition) is 4. The molecule has 0 spiro atoms. The first-order valence-electron chi connectivity index (χ1n) is 7.12. The van der Waals surface area contributed by atoms with E-state index in [0.717, 1.165) is 5.56 Å². The van der Waals surface area contributed by atoms with Crippen LogP contribution >= 0.6 is 11.6 Å². The molecule has 1 fully saturated rings. The topological polar surface area (TPSA) is 90.0 Å². The number of carbonyl (C=O) groups excluding carboxylic acids is 1. The van der Waals surface area contributed by atoms with Crippen molar-refractivity contribution < 1.29 is 9.90 Å². The van der Waals surface area contributed by atoms with Gasteiger partial charge in [0.1, 0.15) is 5.69 Å². The molecule has 1 aromatic heterocycles. The lowest BCUT2D eigenvalue weighted by molar-refractivity contribution is 0.0922. The predicted octanol–water partition coefficient (Wildman–Crippen LogP) is 1.04. The van der Waals surface area contributed by atoms with Crippen molar-refractivity contribution in [2.24, 2.45) is 5.92 Å². The molecule has 0 aliphatic carbocycles. The highest BCUT2D eigenvalue weighted by molar-refractivity contribution is 6.33. The second-order valence-electron chi connectivity index (χ2n) is 5.34. The Balaban J connectivity index is 1.66. The van der Waals surface area contributed by atoms with Crippen molar-refractivity contribution in [2.45, 2.75) is 6.10 Å². The standard InChI is InChI=1S/C15H17ClN4O2/c16-11-4-2-1-3-10(11)12-5-13(20-19-12)15(22)18-7-9-6-17-8-14(9)21/h1-5,9,14,17,21H,6-8H2,(H,18,22)(H,19,20). The first kappa shape index (κ1) is 15.0. The summed E-state index contributed by atoms with van der Waals surface area (Å²) < 4.78 is 0. The maximum absolute atomic E-state index is 12.1. The van der Waals surface area contributed by atoms with Crippen LogP contribution in [0.1, 0.15) is 10.5 Å². The summed E-state index contributed by atoms with van der Waals surface area (Å²) in [7, 11) is 0. The molecular formula is C15H17ClN4O2. The molecule has 2 atom stereocenters. The molecule has 0 radical (unpaired) electrons. The maximum Gasteiger partial charge on any atom is 0.269 e. The van der Waals surface area contributed by atoms with Gasteiger partial charge in [-0.15, -0.1) is 0 Å². The van der Waals surface area contributed by atoms with Crippen molar-refractivity contribution in [3.8, 4) is 11.3 Å². The highest BCUT2D eigenvalue weighted by Gasteiger charge is 2.25. The van der Waals surface area contributed by atoms with Gasteiger partial charge in [-0.1, -0.05) is 29.8 Å². The van der Waals surface area contributed by atoms with Gasteiger partial charge in [0.15, 0.2) is 0 Å². The lowest BCUT2D eigenvalue weighted by atomic mass is 10.1. The largest absolute Gasteiger partial charge is 0.391 e. The van der Waals surface area contributed by atoms with E-state index in [9.17, 15) is 9.90 Å². The molecule has 1 aromatic carbocycles. The van der Waals surface area contributed by atoms with Crippen molar-refractivity contribution in [1.82, 2.24) is 20.8 Å². The summed E-state index contributed by atoms with van der Waals surface area (Å²) in [5.74, 6) is -0.209. The van der Waals surface area contributed by atoms with E-state index in [1.54, 1.807) is 12.1 Å². The third kappa shape index (κ3) is 3.14. The predicted molar refractivity (Wildman–Crippen MR) is 83.7 cm³/mol. The summed E-state index contributed by atoms with van der Waals surface area (Å²) in [5.41, 5.74) is 1.77. The molecule has 1 saturated heterocycles. The van der Waals surface area contributed by atoms with Gasteiger partial charge in [0, 0.05) is 31.1 Å². The SMILES string of the molecule is O=C(NCC1CNCC1O)c1cc(-c2ccccc2Cl)n[nH]1. The zero-order chi connectivity index (χ0) is 15.5. The van der Waals surface area contributed by atoms with E-state index in [4.69, 9.17) is 11.6 Å². The fraction of sp³-hybridized carbons (Fsp3) is 0.333. The van der Waals surface area contributed by atoms with Crippen molar-refractivity contribution in [3.63, 3.8) is 0 Å². The average Bonchev–Trinajstić information content (AvgIpc) is 3.14. The molecule has 7 heteroatoms. The van der Waals surface area contributed by atoms with Gasteiger partial charge in [-0.2, -0.15) is 5.10 Å². The zero-order valence-electron chi connectivity index (χ0n) is 11.8. The monoisotopic (exact) mass is 320 g/mol. The quantitative estimate of drug-likeness (QED) is 0.677. The number of aromatic amines is 1. The number of H-pyrrole nitrogens is 1. The number of carbonyl (C=O) groups is 1. The first-order chi connectivity index (χ1) is 10.6. The highest BCUT2D eigenvalue weighted by Crippen LogP contribution is 2.26. The molecular weight excluding hydrogens is 304 g/mol. The van der Waals surface area contributed by atoms with Crippen LogP contribution in [0.3, 0.4) is 0 Å². The van der Waals surface area contributed by atoms with Gasteiger partial charge < -0.3 is 15.7 Å². The average molecular weight is 321 g/mol. The summed E-state index contributed by atoms with van der Waals surface area (Å²) in [6.45, 7) is 1.70. The number of nitrogens with zero attached hydrogens (tertiary/aromatic N) is 1. The Morgan fingerprint density at radius 2 is 2.23 bits per heavy atom. The second-order valence-corrected chi connectivity index (χ2v) is 5.75. The van der Waals surface area contributed by atoms with Crippen LogP contribution in [0, 0.1) is 5.92 Å². The van der Waals surface area contributed by atoms with Crippen LogP contribution < -0.4 is 10.6 Å². The Morgan fingerprint density at radius 1 is 1.41 bits per heavy atom. The summed E-state index contributed by atoms with van der Waals surface area (Å²) in [6, 6.07) is 9.00. The number of aromatic nitrogens is 2. The smallest absolute Gasteiger partial charge is 0.269 e. The maximum atomic E-state index is 12.1. The fourth-order valence-electron chi connectivity index (χ4n) is 2.49. The molecule has 116 valence electrons. The van der Waals surface area contributed by atoms with Gasteiger partial charge in [0.05, 0.1) is 16.8 Å². The number of β-amino-alcohol motifs (C(OH)–C–C–N with tert-alkyl or cyclic N) is 1. The van der Waals surface area contributed by atoms with Crippen LogP contribution in [-0.4, -0.2) is 46.9 Å². The summed E-state index contributed by atoms with van der Waals surface area (Å²) in [6.07, 6.45) is -0.416. The third-order valence-electron chi connectivity index (χ3n) is 3.80. The molecule has 0 bridgehead atoms. The van der Waals surface area contributed by atoms with Crippen molar-refractivity contribution in [2.75, 3.05) is 19.6 Å². The first-order valence-corrected chi connectivity index (χ1v) is 7.50. The number of rotatable bonds is 4. The number of amides is 1. The summed E-state index contributed by atoms with van der Waals surface area (Å²) >= 11 is 6.12. The normalized spacial score (nSPS) is 21.0. The molecule has 6 nitrogen and oxygen atoms in total. The Hall–Kier alpha value is -1.89. The summed E-state index contributed by atoms with van der Waals surface area (Å²) in [4.78, 5) is 12.1. The van der Waals surface area contributed by atoms with E-state index in [0.29, 0.717) is 36.0 Å². The van der Waals surface area contributed by atoms with Gasteiger partial charge in [-0.05, 0) is 12.1 Å². The number of nitrogens with one attached hydrogen (secondary N) is 3. The minimum atomic E-state index is -0.416. The van der Waals surface area contributed by atoms with E-state index < -0.39 is 6.10 Å². The van der Waals surface area contributed by atoms with Gasteiger partial charge in [-0.3, -0.25) is 9.89 Å². The molecule has 22 heavy (non-hydrogen) atoms. The van der Waals surface area contributed by atoms with Crippen molar-refractivity contribution >= 4 is 17.5 Å². The highest BCUT2D eigenvalue weighted by atomic mass is 35.5. The lowest BCUT2D eigenvalue weighted by Gasteiger charge is -2.13. The van der Waals surface area contributed by atoms with Crippen LogP contribution in [0.25, 0.3) is 11.3 Å². The van der Waals surface area contributed by atoms with E-state index >= 15 is 0 Å². The Morgan fingerprint density at radius 3 is 2.95 bits per heavy atom. The van der Waals surface area contributed by atoms with E-state index in [-0.39, 0.29) is 11.8 Å². The van der Waals surface area contributed by atoms with Crippen LogP contribution in [0.5, 0.6) is 0 Å². The van der Waals surface area contributed by atoms with Crippen LogP contribution in [-0.2, 0) is 0 Å². The van der Waals surface area contributed by atoms with Crippen LogP contribution in [0.2, 0.25) is 5.02 Å². The molecule has 4 N–H and O–H groups in total. The molecule has 2 heterocycles.